The third-order valence-corrected chi connectivity index (χ3v) is 6.87. The van der Waals surface area contributed by atoms with Gasteiger partial charge in [0.25, 0.3) is 5.91 Å². The lowest BCUT2D eigenvalue weighted by atomic mass is 10.00. The first-order valence-corrected chi connectivity index (χ1v) is 11.0. The van der Waals surface area contributed by atoms with E-state index in [0.29, 0.717) is 18.7 Å². The molecule has 144 valence electrons. The fourth-order valence-electron chi connectivity index (χ4n) is 3.36. The van der Waals surface area contributed by atoms with E-state index in [0.717, 1.165) is 18.5 Å². The highest BCUT2D eigenvalue weighted by molar-refractivity contribution is 7.91. The highest BCUT2D eigenvalue weighted by Gasteiger charge is 2.28. The summed E-state index contributed by atoms with van der Waals surface area (Å²) in [6, 6.07) is 14.7. The predicted molar refractivity (Wildman–Crippen MR) is 107 cm³/mol. The molecule has 0 bridgehead atoms. The summed E-state index contributed by atoms with van der Waals surface area (Å²) < 4.78 is 23.9. The fourth-order valence-corrected chi connectivity index (χ4v) is 4.24. The number of carbonyl (C=O) groups excluding carboxylic acids is 1. The quantitative estimate of drug-likeness (QED) is 0.858. The Kier molecular flexibility index (Phi) is 5.97. The lowest BCUT2D eigenvalue weighted by Crippen LogP contribution is -2.48. The number of benzene rings is 2. The minimum atomic E-state index is -3.26. The Balaban J connectivity index is 1.84. The van der Waals surface area contributed by atoms with E-state index in [1.54, 1.807) is 19.1 Å². The molecule has 1 N–H and O–H groups in total. The van der Waals surface area contributed by atoms with Crippen molar-refractivity contribution in [2.75, 3.05) is 25.4 Å². The largest absolute Gasteiger partial charge is 0.329 e. The van der Waals surface area contributed by atoms with Gasteiger partial charge >= 0.3 is 0 Å². The van der Waals surface area contributed by atoms with Gasteiger partial charge in [0.05, 0.1) is 16.7 Å². The third-order valence-electron chi connectivity index (χ3n) is 5.12. The molecule has 2 aromatic rings. The highest BCUT2D eigenvalue weighted by atomic mass is 32.2. The lowest BCUT2D eigenvalue weighted by Gasteiger charge is -2.36. The molecule has 0 aliphatic carbocycles. The number of hydrogen-bond acceptors (Lipinski definition) is 4. The molecule has 0 aromatic heterocycles. The molecule has 1 atom stereocenters. The molecular formula is C21H26N2O3S. The van der Waals surface area contributed by atoms with Gasteiger partial charge in [-0.3, -0.25) is 4.79 Å². The van der Waals surface area contributed by atoms with Crippen molar-refractivity contribution >= 4 is 15.7 Å². The van der Waals surface area contributed by atoms with E-state index in [1.807, 2.05) is 4.90 Å². The van der Waals surface area contributed by atoms with E-state index < -0.39 is 9.84 Å². The summed E-state index contributed by atoms with van der Waals surface area (Å²) in [5, 5.41) is 3.36. The third kappa shape index (κ3) is 4.22. The van der Waals surface area contributed by atoms with Crippen molar-refractivity contribution in [3.63, 3.8) is 0 Å². The van der Waals surface area contributed by atoms with Crippen LogP contribution >= 0.6 is 0 Å². The molecule has 1 aliphatic heterocycles. The Bertz CT molecular complexity index is 890. The first-order chi connectivity index (χ1) is 13.0. The molecule has 1 fully saturated rings. The SMILES string of the molecule is CCc1ccc(C2CNCCN2C(=O)c2ccc(S(=O)(=O)CC)cc2)cc1. The summed E-state index contributed by atoms with van der Waals surface area (Å²) >= 11 is 0. The normalized spacial score (nSPS) is 17.7. The second-order valence-electron chi connectivity index (χ2n) is 6.74. The Morgan fingerprint density at radius 3 is 2.33 bits per heavy atom. The summed E-state index contributed by atoms with van der Waals surface area (Å²) in [4.78, 5) is 15.2. The highest BCUT2D eigenvalue weighted by Crippen LogP contribution is 2.25. The van der Waals surface area contributed by atoms with Crippen LogP contribution in [0.4, 0.5) is 0 Å². The molecule has 0 radical (unpaired) electrons. The number of hydrogen-bond donors (Lipinski definition) is 1. The maximum Gasteiger partial charge on any atom is 0.254 e. The molecule has 1 aliphatic rings. The molecule has 6 heteroatoms. The van der Waals surface area contributed by atoms with Crippen LogP contribution in [0.15, 0.2) is 53.4 Å². The summed E-state index contributed by atoms with van der Waals surface area (Å²) in [5.41, 5.74) is 2.90. The summed E-state index contributed by atoms with van der Waals surface area (Å²) in [5.74, 6) is -0.0185. The van der Waals surface area contributed by atoms with Gasteiger partial charge in [-0.05, 0) is 41.8 Å². The molecule has 1 unspecified atom stereocenters. The van der Waals surface area contributed by atoms with E-state index in [4.69, 9.17) is 0 Å². The van der Waals surface area contributed by atoms with E-state index in [1.165, 1.54) is 17.7 Å². The average Bonchev–Trinajstić information content (AvgIpc) is 2.73. The van der Waals surface area contributed by atoms with Crippen molar-refractivity contribution in [1.82, 2.24) is 10.2 Å². The van der Waals surface area contributed by atoms with Crippen LogP contribution in [0.3, 0.4) is 0 Å². The van der Waals surface area contributed by atoms with Crippen molar-refractivity contribution in [2.24, 2.45) is 0 Å². The van der Waals surface area contributed by atoms with E-state index in [-0.39, 0.29) is 22.6 Å². The average molecular weight is 387 g/mol. The number of aryl methyl sites for hydroxylation is 1. The van der Waals surface area contributed by atoms with Crippen molar-refractivity contribution in [3.05, 3.63) is 65.2 Å². The molecule has 0 spiro atoms. The Labute approximate surface area is 161 Å². The lowest BCUT2D eigenvalue weighted by molar-refractivity contribution is 0.0634. The van der Waals surface area contributed by atoms with Gasteiger partial charge in [-0.15, -0.1) is 0 Å². The maximum atomic E-state index is 13.1. The zero-order valence-corrected chi connectivity index (χ0v) is 16.6. The Hall–Kier alpha value is -2.18. The van der Waals surface area contributed by atoms with Crippen molar-refractivity contribution in [3.8, 4) is 0 Å². The summed E-state index contributed by atoms with van der Waals surface area (Å²) in [6.45, 7) is 5.81. The zero-order chi connectivity index (χ0) is 19.4. The minimum absolute atomic E-state index is 0.0313. The standard InChI is InChI=1S/C21H26N2O3S/c1-3-16-5-7-17(8-6-16)20-15-22-13-14-23(20)21(24)18-9-11-19(12-10-18)27(25,26)4-2/h5-12,20,22H,3-4,13-15H2,1-2H3. The molecule has 1 amide bonds. The monoisotopic (exact) mass is 386 g/mol. The molecule has 27 heavy (non-hydrogen) atoms. The number of nitrogens with zero attached hydrogens (tertiary/aromatic N) is 1. The molecule has 1 saturated heterocycles. The van der Waals surface area contributed by atoms with Crippen LogP contribution in [0.2, 0.25) is 0 Å². The first kappa shape index (κ1) is 19.6. The van der Waals surface area contributed by atoms with E-state index in [9.17, 15) is 13.2 Å². The van der Waals surface area contributed by atoms with Crippen molar-refractivity contribution < 1.29 is 13.2 Å². The Morgan fingerprint density at radius 2 is 1.74 bits per heavy atom. The van der Waals surface area contributed by atoms with Crippen molar-refractivity contribution in [2.45, 2.75) is 31.2 Å². The van der Waals surface area contributed by atoms with Gasteiger partial charge in [-0.1, -0.05) is 38.1 Å². The van der Waals surface area contributed by atoms with Crippen LogP contribution < -0.4 is 5.32 Å². The van der Waals surface area contributed by atoms with E-state index >= 15 is 0 Å². The number of rotatable bonds is 5. The first-order valence-electron chi connectivity index (χ1n) is 9.39. The number of carbonyl (C=O) groups is 1. The van der Waals surface area contributed by atoms with Crippen molar-refractivity contribution in [1.29, 1.82) is 0 Å². The van der Waals surface area contributed by atoms with Crippen LogP contribution in [0.25, 0.3) is 0 Å². The van der Waals surface area contributed by atoms with Crippen LogP contribution in [0.1, 0.15) is 41.4 Å². The molecule has 0 saturated carbocycles. The number of amides is 1. The van der Waals surface area contributed by atoms with Gasteiger partial charge in [0, 0.05) is 25.2 Å². The molecule has 5 nitrogen and oxygen atoms in total. The van der Waals surface area contributed by atoms with E-state index in [2.05, 4.69) is 36.5 Å². The molecule has 1 heterocycles. The summed E-state index contributed by atoms with van der Waals surface area (Å²) in [6.07, 6.45) is 0.985. The fraction of sp³-hybridized carbons (Fsp3) is 0.381. The second kappa shape index (κ2) is 8.23. The van der Waals surface area contributed by atoms with Crippen LogP contribution in [0.5, 0.6) is 0 Å². The van der Waals surface area contributed by atoms with Gasteiger partial charge in [0.15, 0.2) is 9.84 Å². The second-order valence-corrected chi connectivity index (χ2v) is 9.02. The zero-order valence-electron chi connectivity index (χ0n) is 15.8. The van der Waals surface area contributed by atoms with Gasteiger partial charge in [-0.25, -0.2) is 8.42 Å². The predicted octanol–water partition coefficient (Wildman–Crippen LogP) is 2.83. The van der Waals surface area contributed by atoms with Crippen LogP contribution in [-0.2, 0) is 16.3 Å². The minimum Gasteiger partial charge on any atom is -0.329 e. The van der Waals surface area contributed by atoms with Gasteiger partial charge in [0.2, 0.25) is 0 Å². The number of piperazine rings is 1. The molecular weight excluding hydrogens is 360 g/mol. The van der Waals surface area contributed by atoms with Crippen LogP contribution in [0, 0.1) is 0 Å². The molecule has 2 aromatic carbocycles. The number of sulfone groups is 1. The number of nitrogens with one attached hydrogen (secondary N) is 1. The van der Waals surface area contributed by atoms with Gasteiger partial charge in [0.1, 0.15) is 0 Å². The summed E-state index contributed by atoms with van der Waals surface area (Å²) in [7, 11) is -3.26. The smallest absolute Gasteiger partial charge is 0.254 e. The van der Waals surface area contributed by atoms with Gasteiger partial charge in [-0.2, -0.15) is 0 Å². The molecule has 3 rings (SSSR count). The topological polar surface area (TPSA) is 66.5 Å². The van der Waals surface area contributed by atoms with Crippen LogP contribution in [-0.4, -0.2) is 44.6 Å². The maximum absolute atomic E-state index is 13.1. The Morgan fingerprint density at radius 1 is 1.07 bits per heavy atom. The van der Waals surface area contributed by atoms with Gasteiger partial charge < -0.3 is 10.2 Å².